The lowest BCUT2D eigenvalue weighted by molar-refractivity contribution is -0.134. The largest absolute Gasteiger partial charge is 0.427 e. The number of anilines is 2. The number of aromatic nitrogens is 1. The number of thiazole rings is 1. The second-order valence-electron chi connectivity index (χ2n) is 4.57. The number of hydrogen-bond donors (Lipinski definition) is 1. The highest BCUT2D eigenvalue weighted by Crippen LogP contribution is 2.35. The molecule has 4 nitrogen and oxygen atoms in total. The van der Waals surface area contributed by atoms with Crippen LogP contribution in [0.15, 0.2) is 24.4 Å². The lowest BCUT2D eigenvalue weighted by Gasteiger charge is -2.15. The minimum Gasteiger partial charge on any atom is -0.342 e. The van der Waals surface area contributed by atoms with Crippen molar-refractivity contribution in [2.45, 2.75) is 6.18 Å². The molecule has 1 amide bonds. The molecule has 0 bridgehead atoms. The molecular weight excluding hydrogens is 341 g/mol. The lowest BCUT2D eigenvalue weighted by Crippen LogP contribution is -2.30. The Bertz CT molecular complexity index is 696. The van der Waals surface area contributed by atoms with Crippen LogP contribution >= 0.6 is 11.3 Å². The van der Waals surface area contributed by atoms with E-state index in [2.05, 4.69) is 10.3 Å². The summed E-state index contributed by atoms with van der Waals surface area (Å²) in [6.07, 6.45) is -3.82. The second kappa shape index (κ2) is 6.49. The molecule has 0 fully saturated rings. The van der Waals surface area contributed by atoms with E-state index in [1.807, 2.05) is 0 Å². The molecule has 0 aliphatic heterocycles. The lowest BCUT2D eigenvalue weighted by atomic mass is 10.3. The maximum absolute atomic E-state index is 13.0. The molecule has 10 heteroatoms. The van der Waals surface area contributed by atoms with Crippen molar-refractivity contribution in [3.05, 3.63) is 40.9 Å². The standard InChI is InChI=1S/C13H10F5N3OS/c1-21(12-19-5-10(23-12)13(16,17)18)6-11(22)20-9-3-7(14)2-8(15)4-9/h2-5H,6H2,1H3,(H,20,22). The first-order valence-corrected chi connectivity index (χ1v) is 6.97. The molecule has 0 saturated heterocycles. The number of alkyl halides is 3. The van der Waals surface area contributed by atoms with Crippen molar-refractivity contribution in [3.8, 4) is 0 Å². The average molecular weight is 351 g/mol. The van der Waals surface area contributed by atoms with Crippen LogP contribution in [0.4, 0.5) is 32.8 Å². The molecule has 1 heterocycles. The molecule has 0 unspecified atom stereocenters. The van der Waals surface area contributed by atoms with Gasteiger partial charge in [-0.3, -0.25) is 4.79 Å². The number of amides is 1. The van der Waals surface area contributed by atoms with Crippen molar-refractivity contribution < 1.29 is 26.7 Å². The number of rotatable bonds is 4. The number of carbonyl (C=O) groups excluding carboxylic acids is 1. The molecule has 1 N–H and O–H groups in total. The number of nitrogens with zero attached hydrogens (tertiary/aromatic N) is 2. The van der Waals surface area contributed by atoms with Crippen LogP contribution in [-0.4, -0.2) is 24.5 Å². The van der Waals surface area contributed by atoms with Gasteiger partial charge in [-0.2, -0.15) is 13.2 Å². The van der Waals surface area contributed by atoms with Gasteiger partial charge < -0.3 is 10.2 Å². The van der Waals surface area contributed by atoms with E-state index in [0.29, 0.717) is 23.6 Å². The fourth-order valence-corrected chi connectivity index (χ4v) is 2.43. The summed E-state index contributed by atoms with van der Waals surface area (Å²) in [6, 6.07) is 2.49. The van der Waals surface area contributed by atoms with Crippen LogP contribution in [0, 0.1) is 11.6 Å². The van der Waals surface area contributed by atoms with Crippen LogP contribution < -0.4 is 10.2 Å². The van der Waals surface area contributed by atoms with E-state index in [4.69, 9.17) is 0 Å². The number of halogens is 5. The third-order valence-corrected chi connectivity index (χ3v) is 3.78. The highest BCUT2D eigenvalue weighted by Gasteiger charge is 2.33. The van der Waals surface area contributed by atoms with E-state index in [1.165, 1.54) is 11.9 Å². The van der Waals surface area contributed by atoms with Gasteiger partial charge in [-0.15, -0.1) is 0 Å². The molecule has 0 aliphatic carbocycles. The van der Waals surface area contributed by atoms with Crippen molar-refractivity contribution in [2.75, 3.05) is 23.8 Å². The number of benzene rings is 1. The third-order valence-electron chi connectivity index (χ3n) is 2.63. The van der Waals surface area contributed by atoms with E-state index in [9.17, 15) is 26.7 Å². The summed E-state index contributed by atoms with van der Waals surface area (Å²) >= 11 is 0.391. The molecule has 2 aromatic rings. The van der Waals surface area contributed by atoms with Gasteiger partial charge in [0.05, 0.1) is 12.7 Å². The van der Waals surface area contributed by atoms with Crippen molar-refractivity contribution in [1.29, 1.82) is 0 Å². The fourth-order valence-electron chi connectivity index (χ4n) is 1.68. The minimum absolute atomic E-state index is 0.00195. The van der Waals surface area contributed by atoms with Gasteiger partial charge >= 0.3 is 6.18 Å². The highest BCUT2D eigenvalue weighted by molar-refractivity contribution is 7.15. The Kier molecular flexibility index (Phi) is 4.83. The van der Waals surface area contributed by atoms with E-state index in [1.54, 1.807) is 0 Å². The van der Waals surface area contributed by atoms with Crippen molar-refractivity contribution in [3.63, 3.8) is 0 Å². The average Bonchev–Trinajstić information content (AvgIpc) is 2.86. The van der Waals surface area contributed by atoms with Gasteiger partial charge in [0.1, 0.15) is 16.5 Å². The molecule has 1 aromatic heterocycles. The Morgan fingerprint density at radius 1 is 1.26 bits per heavy atom. The summed E-state index contributed by atoms with van der Waals surface area (Å²) in [5, 5.41) is 2.25. The molecule has 23 heavy (non-hydrogen) atoms. The molecule has 0 radical (unpaired) electrons. The van der Waals surface area contributed by atoms with Crippen LogP contribution in [-0.2, 0) is 11.0 Å². The minimum atomic E-state index is -4.50. The fraction of sp³-hybridized carbons (Fsp3) is 0.231. The smallest absolute Gasteiger partial charge is 0.342 e. The second-order valence-corrected chi connectivity index (χ2v) is 5.58. The van der Waals surface area contributed by atoms with Gasteiger partial charge in [0.15, 0.2) is 5.13 Å². The Labute approximate surface area is 131 Å². The third kappa shape index (κ3) is 4.62. The Hall–Kier alpha value is -2.23. The quantitative estimate of drug-likeness (QED) is 0.858. The van der Waals surface area contributed by atoms with Gasteiger partial charge in [0.25, 0.3) is 0 Å². The van der Waals surface area contributed by atoms with Gasteiger partial charge in [-0.1, -0.05) is 11.3 Å². The maximum atomic E-state index is 13.0. The first-order chi connectivity index (χ1) is 10.6. The molecule has 0 spiro atoms. The molecular formula is C13H10F5N3OS. The summed E-state index contributed by atoms with van der Waals surface area (Å²) in [7, 11) is 1.38. The van der Waals surface area contributed by atoms with Crippen LogP contribution in [0.5, 0.6) is 0 Å². The van der Waals surface area contributed by atoms with E-state index in [0.717, 1.165) is 12.1 Å². The molecule has 1 aromatic carbocycles. The number of carbonyl (C=O) groups is 1. The zero-order valence-electron chi connectivity index (χ0n) is 11.6. The monoisotopic (exact) mass is 351 g/mol. The summed E-state index contributed by atoms with van der Waals surface area (Å²) in [5.74, 6) is -2.37. The predicted octanol–water partition coefficient (Wildman–Crippen LogP) is 3.52. The van der Waals surface area contributed by atoms with Gasteiger partial charge in [0, 0.05) is 18.8 Å². The van der Waals surface area contributed by atoms with Crippen molar-refractivity contribution in [2.24, 2.45) is 0 Å². The van der Waals surface area contributed by atoms with Gasteiger partial charge in [0.2, 0.25) is 5.91 Å². The first-order valence-electron chi connectivity index (χ1n) is 6.15. The van der Waals surface area contributed by atoms with Gasteiger partial charge in [-0.25, -0.2) is 13.8 Å². The SMILES string of the molecule is CN(CC(=O)Nc1cc(F)cc(F)c1)c1ncc(C(F)(F)F)s1. The Balaban J connectivity index is 2.00. The molecule has 2 rings (SSSR count). The summed E-state index contributed by atoms with van der Waals surface area (Å²) in [5.41, 5.74) is -0.0870. The Morgan fingerprint density at radius 3 is 2.39 bits per heavy atom. The van der Waals surface area contributed by atoms with Crippen LogP contribution in [0.2, 0.25) is 0 Å². The zero-order chi connectivity index (χ0) is 17.2. The maximum Gasteiger partial charge on any atom is 0.427 e. The number of nitrogens with one attached hydrogen (secondary N) is 1. The number of likely N-dealkylation sites (N-methyl/N-ethyl adjacent to an activating group) is 1. The van der Waals surface area contributed by atoms with Crippen molar-refractivity contribution >= 4 is 28.1 Å². The van der Waals surface area contributed by atoms with E-state index < -0.39 is 28.6 Å². The molecule has 124 valence electrons. The van der Waals surface area contributed by atoms with Crippen LogP contribution in [0.25, 0.3) is 0 Å². The Morgan fingerprint density at radius 2 is 1.87 bits per heavy atom. The summed E-state index contributed by atoms with van der Waals surface area (Å²) in [4.78, 5) is 15.7. The van der Waals surface area contributed by atoms with E-state index >= 15 is 0 Å². The predicted molar refractivity (Wildman–Crippen MR) is 75.4 cm³/mol. The molecule has 0 aliphatic rings. The molecule has 0 saturated carbocycles. The topological polar surface area (TPSA) is 45.2 Å². The number of hydrogen-bond acceptors (Lipinski definition) is 4. The van der Waals surface area contributed by atoms with E-state index in [-0.39, 0.29) is 17.4 Å². The van der Waals surface area contributed by atoms with Gasteiger partial charge in [-0.05, 0) is 12.1 Å². The first kappa shape index (κ1) is 17.1. The molecule has 0 atom stereocenters. The normalized spacial score (nSPS) is 11.4. The van der Waals surface area contributed by atoms with Crippen molar-refractivity contribution in [1.82, 2.24) is 4.98 Å². The summed E-state index contributed by atoms with van der Waals surface area (Å²) < 4.78 is 63.5. The zero-order valence-corrected chi connectivity index (χ0v) is 12.4. The van der Waals surface area contributed by atoms with Crippen LogP contribution in [0.3, 0.4) is 0 Å². The summed E-state index contributed by atoms with van der Waals surface area (Å²) in [6.45, 7) is -0.330. The van der Waals surface area contributed by atoms with Crippen LogP contribution in [0.1, 0.15) is 4.88 Å². The highest BCUT2D eigenvalue weighted by atomic mass is 32.1.